The Hall–Kier alpha value is -0.300. The van der Waals surface area contributed by atoms with Crippen molar-refractivity contribution in [1.29, 1.82) is 0 Å². The van der Waals surface area contributed by atoms with Crippen LogP contribution in [0.15, 0.2) is 0 Å². The minimum absolute atomic E-state index is 0.983. The largest absolute Gasteiger partial charge is 0.295 e. The number of rotatable bonds is 1. The van der Waals surface area contributed by atoms with Gasteiger partial charge in [-0.1, -0.05) is 6.92 Å². The van der Waals surface area contributed by atoms with Crippen molar-refractivity contribution in [3.63, 3.8) is 0 Å². The molecule has 0 aromatic rings. The summed E-state index contributed by atoms with van der Waals surface area (Å²) in [6, 6.07) is 0. The van der Waals surface area contributed by atoms with Gasteiger partial charge in [0.1, 0.15) is 0 Å². The van der Waals surface area contributed by atoms with Crippen LogP contribution in [-0.4, -0.2) is 24.5 Å². The molecule has 0 aliphatic carbocycles. The molecule has 0 saturated heterocycles. The first-order chi connectivity index (χ1) is 3.43. The van der Waals surface area contributed by atoms with E-state index in [1.807, 2.05) is 0 Å². The first-order valence-corrected chi connectivity index (χ1v) is 2.61. The molecular formula is C6H9N. The second-order valence-corrected chi connectivity index (χ2v) is 1.66. The molecule has 2 radical (unpaired) electrons. The zero-order valence-corrected chi connectivity index (χ0v) is 4.57. The number of hydrogen-bond acceptors (Lipinski definition) is 1. The highest BCUT2D eigenvalue weighted by atomic mass is 15.1. The molecule has 1 aliphatic heterocycles. The first kappa shape index (κ1) is 4.85. The van der Waals surface area contributed by atoms with Gasteiger partial charge in [-0.25, -0.2) is 0 Å². The van der Waals surface area contributed by atoms with Gasteiger partial charge in [-0.15, -0.1) is 0 Å². The average Bonchev–Trinajstić information content (AvgIpc) is 2.14. The molecule has 1 aliphatic rings. The summed E-state index contributed by atoms with van der Waals surface area (Å²) >= 11 is 0. The molecule has 1 nitrogen and oxygen atoms in total. The van der Waals surface area contributed by atoms with Crippen LogP contribution in [0.3, 0.4) is 0 Å². The van der Waals surface area contributed by atoms with E-state index in [0.29, 0.717) is 0 Å². The molecule has 1 heterocycles. The molecule has 1 heteroatoms. The van der Waals surface area contributed by atoms with E-state index in [1.165, 1.54) is 0 Å². The molecule has 0 bridgehead atoms. The average molecular weight is 95.1 g/mol. The Labute approximate surface area is 44.6 Å². The predicted octanol–water partition coefficient (Wildman–Crippen LogP) is 0.484. The molecular weight excluding hydrogens is 86.1 g/mol. The van der Waals surface area contributed by atoms with Gasteiger partial charge in [-0.2, -0.15) is 0 Å². The highest BCUT2D eigenvalue weighted by Gasteiger charge is 2.01. The number of likely N-dealkylation sites (N-methyl/N-ethyl adjacent to an activating group) is 1. The van der Waals surface area contributed by atoms with Gasteiger partial charge in [0, 0.05) is 13.1 Å². The fraction of sp³-hybridized carbons (Fsp3) is 0.667. The lowest BCUT2D eigenvalue weighted by Crippen LogP contribution is -2.18. The van der Waals surface area contributed by atoms with Crippen molar-refractivity contribution in [1.82, 2.24) is 4.90 Å². The van der Waals surface area contributed by atoms with E-state index in [-0.39, 0.29) is 0 Å². The minimum Gasteiger partial charge on any atom is -0.295 e. The standard InChI is InChI=1S/C6H9N/c1-2-7-5-3-4-6-7/h2,5-6H2,1H3. The maximum atomic E-state index is 3.00. The predicted molar refractivity (Wildman–Crippen MR) is 28.6 cm³/mol. The van der Waals surface area contributed by atoms with Crippen molar-refractivity contribution in [3.8, 4) is 0 Å². The lowest BCUT2D eigenvalue weighted by Gasteiger charge is -2.08. The van der Waals surface area contributed by atoms with Gasteiger partial charge in [0.15, 0.2) is 0 Å². The first-order valence-electron chi connectivity index (χ1n) is 2.61. The molecule has 0 N–H and O–H groups in total. The van der Waals surface area contributed by atoms with Gasteiger partial charge in [0.05, 0.1) is 0 Å². The molecule has 0 fully saturated rings. The Morgan fingerprint density at radius 1 is 1.43 bits per heavy atom. The van der Waals surface area contributed by atoms with Crippen molar-refractivity contribution in [3.05, 3.63) is 12.2 Å². The summed E-state index contributed by atoms with van der Waals surface area (Å²) in [4.78, 5) is 2.26. The summed E-state index contributed by atoms with van der Waals surface area (Å²) in [7, 11) is 0. The van der Waals surface area contributed by atoms with Crippen molar-refractivity contribution < 1.29 is 0 Å². The van der Waals surface area contributed by atoms with Crippen LogP contribution in [0, 0.1) is 12.2 Å². The van der Waals surface area contributed by atoms with Crippen molar-refractivity contribution in [2.24, 2.45) is 0 Å². The lowest BCUT2D eigenvalue weighted by atomic mass is 10.6. The quantitative estimate of drug-likeness (QED) is 0.458. The smallest absolute Gasteiger partial charge is 0.0243 e. The van der Waals surface area contributed by atoms with E-state index < -0.39 is 0 Å². The molecule has 0 unspecified atom stereocenters. The highest BCUT2D eigenvalue weighted by molar-refractivity contribution is 4.80. The fourth-order valence-electron chi connectivity index (χ4n) is 0.615. The summed E-state index contributed by atoms with van der Waals surface area (Å²) in [6.07, 6.45) is 6.00. The van der Waals surface area contributed by atoms with Gasteiger partial charge in [0.2, 0.25) is 0 Å². The second-order valence-electron chi connectivity index (χ2n) is 1.66. The zero-order valence-electron chi connectivity index (χ0n) is 4.57. The van der Waals surface area contributed by atoms with E-state index in [4.69, 9.17) is 0 Å². The van der Waals surface area contributed by atoms with Crippen LogP contribution >= 0.6 is 0 Å². The number of hydrogen-bond donors (Lipinski definition) is 0. The summed E-state index contributed by atoms with van der Waals surface area (Å²) in [5.74, 6) is 0. The van der Waals surface area contributed by atoms with E-state index in [0.717, 1.165) is 19.6 Å². The van der Waals surface area contributed by atoms with Crippen LogP contribution in [0.5, 0.6) is 0 Å². The van der Waals surface area contributed by atoms with Crippen LogP contribution in [0.2, 0.25) is 0 Å². The summed E-state index contributed by atoms with van der Waals surface area (Å²) < 4.78 is 0. The maximum absolute atomic E-state index is 3.00. The highest BCUT2D eigenvalue weighted by Crippen LogP contribution is 1.93. The van der Waals surface area contributed by atoms with Crippen LogP contribution in [0.1, 0.15) is 6.92 Å². The summed E-state index contributed by atoms with van der Waals surface area (Å²) in [5.41, 5.74) is 0. The Balaban J connectivity index is 2.22. The van der Waals surface area contributed by atoms with Crippen LogP contribution in [-0.2, 0) is 0 Å². The molecule has 0 spiro atoms. The molecule has 0 aromatic carbocycles. The summed E-state index contributed by atoms with van der Waals surface area (Å²) in [6.45, 7) is 5.24. The van der Waals surface area contributed by atoms with Crippen LogP contribution in [0.25, 0.3) is 0 Å². The Morgan fingerprint density at radius 2 is 2.00 bits per heavy atom. The Morgan fingerprint density at radius 3 is 2.29 bits per heavy atom. The van der Waals surface area contributed by atoms with Crippen LogP contribution < -0.4 is 0 Å². The van der Waals surface area contributed by atoms with Crippen LogP contribution in [0.4, 0.5) is 0 Å². The van der Waals surface area contributed by atoms with Crippen molar-refractivity contribution in [2.45, 2.75) is 6.92 Å². The summed E-state index contributed by atoms with van der Waals surface area (Å²) in [5, 5.41) is 0. The fourth-order valence-corrected chi connectivity index (χ4v) is 0.615. The molecule has 0 aromatic heterocycles. The van der Waals surface area contributed by atoms with Gasteiger partial charge in [0.25, 0.3) is 0 Å². The van der Waals surface area contributed by atoms with Crippen molar-refractivity contribution >= 4 is 0 Å². The molecule has 0 saturated carbocycles. The van der Waals surface area contributed by atoms with Crippen molar-refractivity contribution in [2.75, 3.05) is 19.6 Å². The molecule has 7 heavy (non-hydrogen) atoms. The molecule has 38 valence electrons. The van der Waals surface area contributed by atoms with Gasteiger partial charge < -0.3 is 0 Å². The zero-order chi connectivity index (χ0) is 5.11. The van der Waals surface area contributed by atoms with Gasteiger partial charge in [-0.3, -0.25) is 4.90 Å². The van der Waals surface area contributed by atoms with Gasteiger partial charge >= 0.3 is 0 Å². The van der Waals surface area contributed by atoms with E-state index in [2.05, 4.69) is 24.0 Å². The SMILES string of the molecule is CCN1C[C]=[C]C1. The Kier molecular flexibility index (Phi) is 1.47. The monoisotopic (exact) mass is 95.1 g/mol. The molecule has 0 atom stereocenters. The molecule has 0 amide bonds. The van der Waals surface area contributed by atoms with E-state index in [9.17, 15) is 0 Å². The normalized spacial score (nSPS) is 21.3. The lowest BCUT2D eigenvalue weighted by molar-refractivity contribution is 0.369. The topological polar surface area (TPSA) is 3.24 Å². The Bertz CT molecular complexity index is 68.2. The second kappa shape index (κ2) is 2.12. The number of nitrogens with zero attached hydrogens (tertiary/aromatic N) is 1. The third kappa shape index (κ3) is 1.03. The third-order valence-corrected chi connectivity index (χ3v) is 1.18. The van der Waals surface area contributed by atoms with Gasteiger partial charge in [-0.05, 0) is 18.7 Å². The third-order valence-electron chi connectivity index (χ3n) is 1.18. The molecule has 1 rings (SSSR count). The minimum atomic E-state index is 0.983. The van der Waals surface area contributed by atoms with E-state index in [1.54, 1.807) is 0 Å². The maximum Gasteiger partial charge on any atom is 0.0243 e. The van der Waals surface area contributed by atoms with E-state index >= 15 is 0 Å².